The monoisotopic (exact) mass is 263 g/mol. The number of nitrogens with zero attached hydrogens (tertiary/aromatic N) is 1. The molecule has 0 aromatic heterocycles. The van der Waals surface area contributed by atoms with Crippen LogP contribution < -0.4 is 0 Å². The van der Waals surface area contributed by atoms with Gasteiger partial charge < -0.3 is 19.5 Å². The molecule has 0 aromatic carbocycles. The molecule has 1 N–H and O–H groups in total. The standard InChI is InChI=1S/C9H17NO2.C2H6O.CH2O2/c1-9(2,3)12-8(11)10-6-4-5-7-10;1-3-2;2-1-3/h4-7H2,1-3H3;1-2H3;1H,(H,2,3). The van der Waals surface area contributed by atoms with E-state index in [0.717, 1.165) is 25.9 Å². The van der Waals surface area contributed by atoms with Gasteiger partial charge in [0.25, 0.3) is 6.47 Å². The molecule has 0 aromatic rings. The van der Waals surface area contributed by atoms with E-state index in [9.17, 15) is 4.79 Å². The molecule has 1 amide bonds. The summed E-state index contributed by atoms with van der Waals surface area (Å²) >= 11 is 0. The molecule has 1 aliphatic rings. The smallest absolute Gasteiger partial charge is 0.410 e. The van der Waals surface area contributed by atoms with E-state index in [1.165, 1.54) is 0 Å². The Labute approximate surface area is 109 Å². The molecule has 0 unspecified atom stereocenters. The number of carbonyl (C=O) groups excluding carboxylic acids is 1. The minimum absolute atomic E-state index is 0.167. The maximum absolute atomic E-state index is 11.4. The van der Waals surface area contributed by atoms with Crippen LogP contribution in [0.15, 0.2) is 0 Å². The van der Waals surface area contributed by atoms with E-state index < -0.39 is 0 Å². The van der Waals surface area contributed by atoms with E-state index >= 15 is 0 Å². The molecule has 108 valence electrons. The highest BCUT2D eigenvalue weighted by Gasteiger charge is 2.23. The molecule has 1 fully saturated rings. The minimum atomic E-state index is -0.361. The highest BCUT2D eigenvalue weighted by molar-refractivity contribution is 5.68. The molecule has 1 rings (SSSR count). The van der Waals surface area contributed by atoms with Crippen molar-refractivity contribution in [3.05, 3.63) is 0 Å². The number of methoxy groups -OCH3 is 1. The lowest BCUT2D eigenvalue weighted by Gasteiger charge is -2.23. The third-order valence-corrected chi connectivity index (χ3v) is 1.76. The van der Waals surface area contributed by atoms with E-state index in [4.69, 9.17) is 14.6 Å². The van der Waals surface area contributed by atoms with Gasteiger partial charge in [0.2, 0.25) is 0 Å². The molecule has 0 saturated carbocycles. The van der Waals surface area contributed by atoms with Gasteiger partial charge in [0, 0.05) is 27.3 Å². The maximum atomic E-state index is 11.4. The van der Waals surface area contributed by atoms with Gasteiger partial charge in [0.1, 0.15) is 5.60 Å². The average Bonchev–Trinajstić information content (AvgIpc) is 2.69. The first kappa shape index (κ1) is 19.0. The SMILES string of the molecule is CC(C)(C)OC(=O)N1CCCC1.COC.O=CO. The normalized spacial score (nSPS) is 13.7. The Morgan fingerprint density at radius 2 is 1.56 bits per heavy atom. The van der Waals surface area contributed by atoms with Crippen LogP contribution in [0.2, 0.25) is 0 Å². The minimum Gasteiger partial charge on any atom is -0.483 e. The van der Waals surface area contributed by atoms with Crippen LogP contribution >= 0.6 is 0 Å². The zero-order chi connectivity index (χ0) is 14.6. The average molecular weight is 263 g/mol. The molecule has 0 aliphatic carbocycles. The fourth-order valence-electron chi connectivity index (χ4n) is 1.23. The van der Waals surface area contributed by atoms with Gasteiger partial charge in [-0.2, -0.15) is 0 Å². The van der Waals surface area contributed by atoms with Gasteiger partial charge in [-0.3, -0.25) is 4.79 Å². The molecule has 18 heavy (non-hydrogen) atoms. The zero-order valence-electron chi connectivity index (χ0n) is 11.9. The molecule has 0 radical (unpaired) electrons. The van der Waals surface area contributed by atoms with Gasteiger partial charge in [-0.15, -0.1) is 0 Å². The largest absolute Gasteiger partial charge is 0.483 e. The summed E-state index contributed by atoms with van der Waals surface area (Å²) in [5.74, 6) is 0. The number of likely N-dealkylation sites (tertiary alicyclic amines) is 1. The van der Waals surface area contributed by atoms with Gasteiger partial charge in [0.05, 0.1) is 0 Å². The molecule has 6 nitrogen and oxygen atoms in total. The fourth-order valence-corrected chi connectivity index (χ4v) is 1.23. The van der Waals surface area contributed by atoms with Gasteiger partial charge >= 0.3 is 6.09 Å². The molecular weight excluding hydrogens is 238 g/mol. The maximum Gasteiger partial charge on any atom is 0.410 e. The fraction of sp³-hybridized carbons (Fsp3) is 0.833. The van der Waals surface area contributed by atoms with Crippen molar-refractivity contribution in [2.75, 3.05) is 27.3 Å². The van der Waals surface area contributed by atoms with E-state index in [0.29, 0.717) is 0 Å². The first-order valence-corrected chi connectivity index (χ1v) is 5.78. The van der Waals surface area contributed by atoms with Gasteiger partial charge in [-0.05, 0) is 33.6 Å². The summed E-state index contributed by atoms with van der Waals surface area (Å²) in [5, 5.41) is 6.89. The van der Waals surface area contributed by atoms with Crippen molar-refractivity contribution < 1.29 is 24.2 Å². The molecule has 1 aliphatic heterocycles. The van der Waals surface area contributed by atoms with Crippen LogP contribution in [0.3, 0.4) is 0 Å². The quantitative estimate of drug-likeness (QED) is 0.676. The van der Waals surface area contributed by atoms with Crippen LogP contribution in [0.25, 0.3) is 0 Å². The van der Waals surface area contributed by atoms with Crippen molar-refractivity contribution in [3.8, 4) is 0 Å². The first-order chi connectivity index (χ1) is 8.32. The third-order valence-electron chi connectivity index (χ3n) is 1.76. The molecule has 1 saturated heterocycles. The van der Waals surface area contributed by atoms with Crippen molar-refractivity contribution in [3.63, 3.8) is 0 Å². The summed E-state index contributed by atoms with van der Waals surface area (Å²) < 4.78 is 9.46. The number of hydrogen-bond acceptors (Lipinski definition) is 4. The van der Waals surface area contributed by atoms with Crippen LogP contribution in [-0.2, 0) is 14.3 Å². The number of carbonyl (C=O) groups is 2. The Morgan fingerprint density at radius 3 is 1.83 bits per heavy atom. The number of hydrogen-bond donors (Lipinski definition) is 1. The summed E-state index contributed by atoms with van der Waals surface area (Å²) in [6.45, 7) is 7.13. The summed E-state index contributed by atoms with van der Waals surface area (Å²) in [6, 6.07) is 0. The lowest BCUT2D eigenvalue weighted by atomic mass is 10.2. The summed E-state index contributed by atoms with van der Waals surface area (Å²) in [7, 11) is 3.25. The van der Waals surface area contributed by atoms with E-state index in [2.05, 4.69) is 4.74 Å². The van der Waals surface area contributed by atoms with Crippen molar-refractivity contribution in [2.24, 2.45) is 0 Å². The first-order valence-electron chi connectivity index (χ1n) is 5.78. The number of carboxylic acid groups (broad SMARTS) is 1. The summed E-state index contributed by atoms with van der Waals surface area (Å²) in [4.78, 5) is 21.5. The highest BCUT2D eigenvalue weighted by Crippen LogP contribution is 2.14. The Hall–Kier alpha value is -1.30. The van der Waals surface area contributed by atoms with Crippen LogP contribution in [-0.4, -0.2) is 55.5 Å². The second-order valence-electron chi connectivity index (χ2n) is 4.69. The molecule has 0 spiro atoms. The van der Waals surface area contributed by atoms with Crippen molar-refractivity contribution in [1.29, 1.82) is 0 Å². The van der Waals surface area contributed by atoms with Crippen LogP contribution in [0.5, 0.6) is 0 Å². The van der Waals surface area contributed by atoms with Crippen LogP contribution in [0, 0.1) is 0 Å². The third kappa shape index (κ3) is 12.8. The Bertz CT molecular complexity index is 219. The summed E-state index contributed by atoms with van der Waals surface area (Å²) in [6.07, 6.45) is 2.05. The second-order valence-corrected chi connectivity index (χ2v) is 4.69. The van der Waals surface area contributed by atoms with E-state index in [1.807, 2.05) is 20.8 Å². The van der Waals surface area contributed by atoms with Crippen LogP contribution in [0.4, 0.5) is 4.79 Å². The number of amides is 1. The molecular formula is C12H25NO5. The lowest BCUT2D eigenvalue weighted by molar-refractivity contribution is -0.122. The predicted octanol–water partition coefficient (Wildman–Crippen LogP) is 1.98. The number of rotatable bonds is 0. The van der Waals surface area contributed by atoms with E-state index in [-0.39, 0.29) is 18.2 Å². The zero-order valence-corrected chi connectivity index (χ0v) is 11.9. The van der Waals surface area contributed by atoms with E-state index in [1.54, 1.807) is 19.1 Å². The van der Waals surface area contributed by atoms with Gasteiger partial charge in [-0.1, -0.05) is 0 Å². The Kier molecular flexibility index (Phi) is 11.5. The molecule has 6 heteroatoms. The lowest BCUT2D eigenvalue weighted by Crippen LogP contribution is -2.34. The Balaban J connectivity index is 0. The van der Waals surface area contributed by atoms with Crippen molar-refractivity contribution >= 4 is 12.6 Å². The van der Waals surface area contributed by atoms with Gasteiger partial charge in [0.15, 0.2) is 0 Å². The van der Waals surface area contributed by atoms with Gasteiger partial charge in [-0.25, -0.2) is 4.79 Å². The Morgan fingerprint density at radius 1 is 1.22 bits per heavy atom. The topological polar surface area (TPSA) is 76.1 Å². The van der Waals surface area contributed by atoms with Crippen LogP contribution in [0.1, 0.15) is 33.6 Å². The number of ether oxygens (including phenoxy) is 2. The highest BCUT2D eigenvalue weighted by atomic mass is 16.6. The van der Waals surface area contributed by atoms with Crippen molar-refractivity contribution in [2.45, 2.75) is 39.2 Å². The second kappa shape index (κ2) is 10.8. The molecule has 0 atom stereocenters. The molecule has 0 bridgehead atoms. The van der Waals surface area contributed by atoms with Crippen molar-refractivity contribution in [1.82, 2.24) is 4.90 Å². The predicted molar refractivity (Wildman–Crippen MR) is 68.7 cm³/mol. The molecule has 1 heterocycles. The summed E-state index contributed by atoms with van der Waals surface area (Å²) in [5.41, 5.74) is -0.361.